The molecule has 0 radical (unpaired) electrons. The second kappa shape index (κ2) is 9.02. The Balaban J connectivity index is 1.31. The van der Waals surface area contributed by atoms with Crippen LogP contribution in [0.1, 0.15) is 38.5 Å². The summed E-state index contributed by atoms with van der Waals surface area (Å²) in [6.07, 6.45) is 7.71. The first kappa shape index (κ1) is 18.0. The molecule has 0 atom stereocenters. The van der Waals surface area contributed by atoms with E-state index in [1.165, 1.54) is 25.2 Å². The summed E-state index contributed by atoms with van der Waals surface area (Å²) >= 11 is 0. The zero-order chi connectivity index (χ0) is 17.5. The van der Waals surface area contributed by atoms with Crippen molar-refractivity contribution in [3.8, 4) is 5.75 Å². The highest BCUT2D eigenvalue weighted by Gasteiger charge is 2.15. The Morgan fingerprint density at radius 1 is 1.12 bits per heavy atom. The van der Waals surface area contributed by atoms with Crippen molar-refractivity contribution in [3.05, 3.63) is 40.8 Å². The third kappa shape index (κ3) is 5.31. The van der Waals surface area contributed by atoms with Crippen LogP contribution in [0.5, 0.6) is 5.75 Å². The monoisotopic (exact) mass is 345 g/mol. The highest BCUT2D eigenvalue weighted by molar-refractivity contribution is 5.77. The Kier molecular flexibility index (Phi) is 6.48. The summed E-state index contributed by atoms with van der Waals surface area (Å²) in [5, 5.41) is 10.1. The molecule has 0 amide bonds. The average Bonchev–Trinajstić information content (AvgIpc) is 2.63. The molecular weight excluding hydrogens is 318 g/mol. The maximum absolute atomic E-state index is 11.8. The van der Waals surface area contributed by atoms with Crippen molar-refractivity contribution in [2.45, 2.75) is 44.6 Å². The number of piperidine rings is 1. The molecule has 1 aromatic carbocycles. The van der Waals surface area contributed by atoms with Crippen LogP contribution in [0.2, 0.25) is 0 Å². The van der Waals surface area contributed by atoms with Crippen LogP contribution in [0, 0.1) is 0 Å². The number of unbranched alkanes of at least 4 members (excludes halogenated alkanes) is 3. The summed E-state index contributed by atoms with van der Waals surface area (Å²) < 4.78 is 11.1. The molecule has 0 aliphatic carbocycles. The van der Waals surface area contributed by atoms with E-state index in [1.807, 2.05) is 6.07 Å². The molecule has 0 saturated carbocycles. The smallest absolute Gasteiger partial charge is 0.192 e. The lowest BCUT2D eigenvalue weighted by molar-refractivity contribution is 0.0817. The fraction of sp³-hybridized carbons (Fsp3) is 0.550. The highest BCUT2D eigenvalue weighted by Crippen LogP contribution is 2.18. The molecule has 1 fully saturated rings. The number of ether oxygens (including phenoxy) is 1. The van der Waals surface area contributed by atoms with Gasteiger partial charge in [0.05, 0.1) is 24.4 Å². The fourth-order valence-corrected chi connectivity index (χ4v) is 3.28. The minimum Gasteiger partial charge on any atom is -0.494 e. The number of aliphatic hydroxyl groups excluding tert-OH is 1. The van der Waals surface area contributed by atoms with Gasteiger partial charge in [-0.15, -0.1) is 0 Å². The lowest BCUT2D eigenvalue weighted by Gasteiger charge is -2.29. The van der Waals surface area contributed by atoms with Gasteiger partial charge >= 0.3 is 0 Å². The third-order valence-electron chi connectivity index (χ3n) is 4.83. The number of hydrogen-bond donors (Lipinski definition) is 1. The van der Waals surface area contributed by atoms with Crippen molar-refractivity contribution in [2.75, 3.05) is 26.2 Å². The quantitative estimate of drug-likeness (QED) is 0.745. The van der Waals surface area contributed by atoms with Gasteiger partial charge in [-0.1, -0.05) is 12.8 Å². The summed E-state index contributed by atoms with van der Waals surface area (Å²) in [6.45, 7) is 3.86. The van der Waals surface area contributed by atoms with Crippen LogP contribution < -0.4 is 10.2 Å². The zero-order valence-electron chi connectivity index (χ0n) is 14.7. The molecule has 3 rings (SSSR count). The van der Waals surface area contributed by atoms with Gasteiger partial charge in [-0.05, 0) is 50.4 Å². The van der Waals surface area contributed by atoms with Gasteiger partial charge in [0.25, 0.3) is 0 Å². The van der Waals surface area contributed by atoms with Crippen molar-refractivity contribution in [1.29, 1.82) is 0 Å². The van der Waals surface area contributed by atoms with E-state index in [-0.39, 0.29) is 11.5 Å². The van der Waals surface area contributed by atoms with E-state index < -0.39 is 0 Å². The topological polar surface area (TPSA) is 62.9 Å². The summed E-state index contributed by atoms with van der Waals surface area (Å²) in [4.78, 5) is 14.2. The van der Waals surface area contributed by atoms with E-state index in [0.717, 1.165) is 51.1 Å². The second-order valence-corrected chi connectivity index (χ2v) is 6.78. The molecule has 5 nitrogen and oxygen atoms in total. The molecule has 1 saturated heterocycles. The number of fused-ring (bicyclic) bond motifs is 1. The molecule has 136 valence electrons. The molecule has 0 spiro atoms. The summed E-state index contributed by atoms with van der Waals surface area (Å²) in [5.74, 6) is 0.720. The number of aliphatic hydroxyl groups is 1. The molecule has 1 N–H and O–H groups in total. The minimum atomic E-state index is -0.0881. The third-order valence-corrected chi connectivity index (χ3v) is 4.83. The first-order valence-corrected chi connectivity index (χ1v) is 9.27. The Morgan fingerprint density at radius 3 is 2.76 bits per heavy atom. The number of nitrogens with zero attached hydrogens (tertiary/aromatic N) is 1. The lowest BCUT2D eigenvalue weighted by atomic mass is 10.1. The van der Waals surface area contributed by atoms with Crippen molar-refractivity contribution in [2.24, 2.45) is 0 Å². The van der Waals surface area contributed by atoms with Gasteiger partial charge in [-0.2, -0.15) is 0 Å². The Hall–Kier alpha value is -1.85. The van der Waals surface area contributed by atoms with Gasteiger partial charge < -0.3 is 19.2 Å². The summed E-state index contributed by atoms with van der Waals surface area (Å²) in [5.41, 5.74) is 0.544. The molecule has 5 heteroatoms. The van der Waals surface area contributed by atoms with Crippen molar-refractivity contribution < 1.29 is 14.3 Å². The van der Waals surface area contributed by atoms with Gasteiger partial charge in [-0.25, -0.2) is 0 Å². The number of benzene rings is 1. The maximum Gasteiger partial charge on any atom is 0.192 e. The Morgan fingerprint density at radius 2 is 1.92 bits per heavy atom. The normalized spacial score (nSPS) is 16.4. The van der Waals surface area contributed by atoms with Gasteiger partial charge in [-0.3, -0.25) is 4.79 Å². The largest absolute Gasteiger partial charge is 0.494 e. The van der Waals surface area contributed by atoms with Crippen molar-refractivity contribution in [1.82, 2.24) is 4.90 Å². The molecule has 1 aliphatic heterocycles. The van der Waals surface area contributed by atoms with Gasteiger partial charge in [0.1, 0.15) is 11.3 Å². The maximum atomic E-state index is 11.8. The van der Waals surface area contributed by atoms with Crippen LogP contribution in [-0.2, 0) is 0 Å². The molecule has 1 aliphatic rings. The van der Waals surface area contributed by atoms with Gasteiger partial charge in [0, 0.05) is 19.2 Å². The number of likely N-dealkylation sites (tertiary alicyclic amines) is 1. The summed E-state index contributed by atoms with van der Waals surface area (Å²) in [6, 6.07) is 6.80. The molecule has 2 aromatic rings. The predicted octanol–water partition coefficient (Wildman–Crippen LogP) is 3.19. The van der Waals surface area contributed by atoms with Crippen LogP contribution in [-0.4, -0.2) is 42.4 Å². The van der Waals surface area contributed by atoms with Gasteiger partial charge in [0.2, 0.25) is 0 Å². The first-order valence-electron chi connectivity index (χ1n) is 9.27. The van der Waals surface area contributed by atoms with Crippen LogP contribution in [0.25, 0.3) is 11.0 Å². The molecule has 25 heavy (non-hydrogen) atoms. The molecule has 0 bridgehead atoms. The average molecular weight is 345 g/mol. The van der Waals surface area contributed by atoms with Crippen LogP contribution in [0.4, 0.5) is 0 Å². The van der Waals surface area contributed by atoms with E-state index in [0.29, 0.717) is 17.6 Å². The van der Waals surface area contributed by atoms with Crippen LogP contribution in [0.3, 0.4) is 0 Å². The minimum absolute atomic E-state index is 0.0445. The Labute approximate surface area is 148 Å². The van der Waals surface area contributed by atoms with Gasteiger partial charge in [0.15, 0.2) is 5.43 Å². The van der Waals surface area contributed by atoms with E-state index >= 15 is 0 Å². The zero-order valence-corrected chi connectivity index (χ0v) is 14.7. The van der Waals surface area contributed by atoms with E-state index in [1.54, 1.807) is 12.1 Å². The number of hydrogen-bond acceptors (Lipinski definition) is 5. The highest BCUT2D eigenvalue weighted by atomic mass is 16.5. The number of rotatable bonds is 8. The van der Waals surface area contributed by atoms with E-state index in [2.05, 4.69) is 4.90 Å². The van der Waals surface area contributed by atoms with Crippen molar-refractivity contribution >= 4 is 11.0 Å². The van der Waals surface area contributed by atoms with E-state index in [9.17, 15) is 9.90 Å². The molecule has 2 heterocycles. The van der Waals surface area contributed by atoms with Crippen molar-refractivity contribution in [3.63, 3.8) is 0 Å². The molecular formula is C20H27NO4. The van der Waals surface area contributed by atoms with Crippen LogP contribution in [0.15, 0.2) is 39.7 Å². The van der Waals surface area contributed by atoms with Crippen LogP contribution >= 0.6 is 0 Å². The standard InChI is InChI=1S/C20H27NO4/c22-16-7-11-21(12-8-16)10-3-1-2-4-13-24-17-5-6-20-18(15-17)19(23)9-14-25-20/h5-6,9,14-16,22H,1-4,7-8,10-13H2. The second-order valence-electron chi connectivity index (χ2n) is 6.78. The summed E-state index contributed by atoms with van der Waals surface area (Å²) in [7, 11) is 0. The predicted molar refractivity (Wildman–Crippen MR) is 98.1 cm³/mol. The SMILES string of the molecule is O=c1ccoc2ccc(OCCCCCCN3CCC(O)CC3)cc12. The Bertz CT molecular complexity index is 719. The lowest BCUT2D eigenvalue weighted by Crippen LogP contribution is -2.36. The molecule has 1 aromatic heterocycles. The first-order chi connectivity index (χ1) is 12.2. The molecule has 0 unspecified atom stereocenters. The fourth-order valence-electron chi connectivity index (χ4n) is 3.28. The van der Waals surface area contributed by atoms with E-state index in [4.69, 9.17) is 9.15 Å².